The summed E-state index contributed by atoms with van der Waals surface area (Å²) in [6, 6.07) is 15.9. The number of aliphatic hydroxyl groups is 1. The molecule has 1 aliphatic heterocycles. The zero-order valence-corrected chi connectivity index (χ0v) is 16.0. The normalized spacial score (nSPS) is 15.0. The lowest BCUT2D eigenvalue weighted by Gasteiger charge is -2.28. The van der Waals surface area contributed by atoms with Gasteiger partial charge < -0.3 is 20.5 Å². The fraction of sp³-hybridized carbons (Fsp3) is 0.409. The van der Waals surface area contributed by atoms with Gasteiger partial charge >= 0.3 is 0 Å². The molecule has 0 spiro atoms. The van der Waals surface area contributed by atoms with Crippen LogP contribution in [0.4, 0.5) is 5.69 Å². The number of nitrogens with one attached hydrogen (secondary N) is 2. The van der Waals surface area contributed by atoms with Crippen LogP contribution in [-0.2, 0) is 17.6 Å². The van der Waals surface area contributed by atoms with Crippen LogP contribution in [0.15, 0.2) is 48.5 Å². The summed E-state index contributed by atoms with van der Waals surface area (Å²) >= 11 is 0. The number of anilines is 1. The third kappa shape index (κ3) is 5.55. The van der Waals surface area contributed by atoms with Gasteiger partial charge in [0.15, 0.2) is 0 Å². The van der Waals surface area contributed by atoms with E-state index in [0.717, 1.165) is 23.4 Å². The van der Waals surface area contributed by atoms with Gasteiger partial charge in [0.05, 0.1) is 0 Å². The van der Waals surface area contributed by atoms with Crippen LogP contribution in [0.1, 0.15) is 31.4 Å². The van der Waals surface area contributed by atoms with E-state index in [2.05, 4.69) is 36.6 Å². The van der Waals surface area contributed by atoms with Gasteiger partial charge in [0.2, 0.25) is 5.91 Å². The second-order valence-corrected chi connectivity index (χ2v) is 7.72. The largest absolute Gasteiger partial charge is 0.490 e. The number of rotatable bonds is 8. The number of ether oxygens (including phenoxy) is 1. The Morgan fingerprint density at radius 3 is 2.70 bits per heavy atom. The van der Waals surface area contributed by atoms with Crippen LogP contribution in [0.2, 0.25) is 0 Å². The third-order valence-electron chi connectivity index (χ3n) is 4.75. The number of hydrogen-bond acceptors (Lipinski definition) is 4. The number of benzene rings is 2. The van der Waals surface area contributed by atoms with Gasteiger partial charge in [0.1, 0.15) is 18.5 Å². The van der Waals surface area contributed by atoms with Gasteiger partial charge in [-0.15, -0.1) is 0 Å². The van der Waals surface area contributed by atoms with Crippen LogP contribution >= 0.6 is 0 Å². The molecule has 0 saturated carbocycles. The number of aliphatic hydroxyl groups excluding tert-OH is 1. The molecule has 1 atom stereocenters. The molecule has 0 radical (unpaired) electrons. The summed E-state index contributed by atoms with van der Waals surface area (Å²) in [4.78, 5) is 11.5. The van der Waals surface area contributed by atoms with Gasteiger partial charge in [-0.05, 0) is 44.4 Å². The highest BCUT2D eigenvalue weighted by Crippen LogP contribution is 2.31. The van der Waals surface area contributed by atoms with Gasteiger partial charge in [0, 0.05) is 29.8 Å². The van der Waals surface area contributed by atoms with Crippen molar-refractivity contribution in [1.82, 2.24) is 5.32 Å². The molecule has 1 aliphatic rings. The number of carbonyl (C=O) groups excluding carboxylic acids is 1. The van der Waals surface area contributed by atoms with E-state index in [1.165, 1.54) is 5.56 Å². The van der Waals surface area contributed by atoms with Gasteiger partial charge in [-0.2, -0.15) is 0 Å². The van der Waals surface area contributed by atoms with E-state index >= 15 is 0 Å². The Labute approximate surface area is 160 Å². The Kier molecular flexibility index (Phi) is 6.14. The average molecular weight is 368 g/mol. The molecule has 1 unspecified atom stereocenters. The predicted octanol–water partition coefficient (Wildman–Crippen LogP) is 2.92. The van der Waals surface area contributed by atoms with Crippen LogP contribution in [0.25, 0.3) is 0 Å². The van der Waals surface area contributed by atoms with Crippen LogP contribution in [-0.4, -0.2) is 35.8 Å². The Balaban J connectivity index is 1.49. The lowest BCUT2D eigenvalue weighted by Crippen LogP contribution is -2.46. The molecule has 0 saturated heterocycles. The van der Waals surface area contributed by atoms with Crippen LogP contribution in [0.3, 0.4) is 0 Å². The summed E-state index contributed by atoms with van der Waals surface area (Å²) in [6.07, 6.45) is 1.39. The number of fused-ring (bicyclic) bond motifs is 1. The molecular formula is C22H28N2O3. The summed E-state index contributed by atoms with van der Waals surface area (Å²) in [7, 11) is 0. The van der Waals surface area contributed by atoms with Crippen molar-refractivity contribution in [1.29, 1.82) is 0 Å². The molecule has 3 N–H and O–H groups in total. The van der Waals surface area contributed by atoms with E-state index in [1.54, 1.807) is 0 Å². The molecule has 0 fully saturated rings. The van der Waals surface area contributed by atoms with Crippen molar-refractivity contribution in [3.05, 3.63) is 59.7 Å². The van der Waals surface area contributed by atoms with Gasteiger partial charge in [-0.1, -0.05) is 36.4 Å². The maximum atomic E-state index is 11.5. The second kappa shape index (κ2) is 8.55. The molecular weight excluding hydrogens is 340 g/mol. The summed E-state index contributed by atoms with van der Waals surface area (Å²) in [5.41, 5.74) is 2.94. The first kappa shape index (κ1) is 19.4. The molecule has 2 aromatic carbocycles. The molecule has 1 heterocycles. The first-order valence-electron chi connectivity index (χ1n) is 9.44. The van der Waals surface area contributed by atoms with E-state index in [4.69, 9.17) is 4.74 Å². The molecule has 27 heavy (non-hydrogen) atoms. The number of β-amino-alcohol motifs (C(OH)–C–C–N with tert-alkyl or cyclic N) is 1. The fourth-order valence-electron chi connectivity index (χ4n) is 3.33. The highest BCUT2D eigenvalue weighted by atomic mass is 16.5. The Bertz CT molecular complexity index is 774. The molecule has 1 amide bonds. The molecule has 5 nitrogen and oxygen atoms in total. The Morgan fingerprint density at radius 1 is 1.15 bits per heavy atom. The van der Waals surface area contributed by atoms with Crippen molar-refractivity contribution in [2.24, 2.45) is 0 Å². The molecule has 0 bridgehead atoms. The van der Waals surface area contributed by atoms with Crippen molar-refractivity contribution in [2.75, 3.05) is 18.5 Å². The van der Waals surface area contributed by atoms with Crippen LogP contribution in [0.5, 0.6) is 5.75 Å². The first-order chi connectivity index (χ1) is 12.9. The van der Waals surface area contributed by atoms with E-state index < -0.39 is 6.10 Å². The minimum absolute atomic E-state index is 0.0320. The van der Waals surface area contributed by atoms with Gasteiger partial charge in [0.25, 0.3) is 0 Å². The Hall–Kier alpha value is -2.37. The standard InChI is InChI=1S/C22H28N2O3/c1-22(2,13-16-7-4-3-5-8-16)23-14-17(25)15-27-20-10-6-9-19-18(20)11-12-21(26)24-19/h3-10,17,23,25H,11-15H2,1-2H3,(H,24,26). The Morgan fingerprint density at radius 2 is 1.93 bits per heavy atom. The third-order valence-corrected chi connectivity index (χ3v) is 4.75. The molecule has 5 heteroatoms. The summed E-state index contributed by atoms with van der Waals surface area (Å²) < 4.78 is 5.84. The van der Waals surface area contributed by atoms with Crippen LogP contribution in [0, 0.1) is 0 Å². The molecule has 144 valence electrons. The highest BCUT2D eigenvalue weighted by molar-refractivity contribution is 5.94. The molecule has 2 aromatic rings. The van der Waals surface area contributed by atoms with Crippen molar-refractivity contribution in [3.8, 4) is 5.75 Å². The summed E-state index contributed by atoms with van der Waals surface area (Å²) in [6.45, 7) is 4.91. The SMILES string of the molecule is CC(C)(Cc1ccccc1)NCC(O)COc1cccc2c1CCC(=O)N2. The quantitative estimate of drug-likeness (QED) is 0.670. The summed E-state index contributed by atoms with van der Waals surface area (Å²) in [5.74, 6) is 0.764. The van der Waals surface area contributed by atoms with E-state index in [-0.39, 0.29) is 18.1 Å². The maximum Gasteiger partial charge on any atom is 0.224 e. The zero-order chi connectivity index (χ0) is 19.3. The van der Waals surface area contributed by atoms with Crippen molar-refractivity contribution in [2.45, 2.75) is 44.8 Å². The van der Waals surface area contributed by atoms with E-state index in [0.29, 0.717) is 19.4 Å². The smallest absolute Gasteiger partial charge is 0.224 e. The van der Waals surface area contributed by atoms with E-state index in [9.17, 15) is 9.90 Å². The number of carbonyl (C=O) groups is 1. The van der Waals surface area contributed by atoms with Gasteiger partial charge in [-0.25, -0.2) is 0 Å². The maximum absolute atomic E-state index is 11.5. The minimum Gasteiger partial charge on any atom is -0.490 e. The fourth-order valence-corrected chi connectivity index (χ4v) is 3.33. The van der Waals surface area contributed by atoms with E-state index in [1.807, 2.05) is 36.4 Å². The average Bonchev–Trinajstić information content (AvgIpc) is 2.65. The van der Waals surface area contributed by atoms with Gasteiger partial charge in [-0.3, -0.25) is 4.79 Å². The van der Waals surface area contributed by atoms with Crippen LogP contribution < -0.4 is 15.4 Å². The minimum atomic E-state index is -0.617. The summed E-state index contributed by atoms with van der Waals surface area (Å²) in [5, 5.41) is 16.6. The lowest BCUT2D eigenvalue weighted by molar-refractivity contribution is -0.116. The predicted molar refractivity (Wildman–Crippen MR) is 107 cm³/mol. The monoisotopic (exact) mass is 368 g/mol. The molecule has 3 rings (SSSR count). The van der Waals surface area contributed by atoms with Crippen molar-refractivity contribution < 1.29 is 14.6 Å². The van der Waals surface area contributed by atoms with Crippen molar-refractivity contribution >= 4 is 11.6 Å². The highest BCUT2D eigenvalue weighted by Gasteiger charge is 2.21. The lowest BCUT2D eigenvalue weighted by atomic mass is 9.95. The first-order valence-corrected chi connectivity index (χ1v) is 9.44. The second-order valence-electron chi connectivity index (χ2n) is 7.72. The topological polar surface area (TPSA) is 70.6 Å². The molecule has 0 aromatic heterocycles. The zero-order valence-electron chi connectivity index (χ0n) is 16.0. The van der Waals surface area contributed by atoms with Crippen molar-refractivity contribution in [3.63, 3.8) is 0 Å². The number of amides is 1. The number of hydrogen-bond donors (Lipinski definition) is 3. The molecule has 0 aliphatic carbocycles.